The van der Waals surface area contributed by atoms with Crippen LogP contribution in [0, 0.1) is 15.5 Å². The van der Waals surface area contributed by atoms with E-state index in [4.69, 9.17) is 17.1 Å². The molecule has 7 N–H and O–H groups in total. The molecule has 0 aliphatic rings. The lowest BCUT2D eigenvalue weighted by molar-refractivity contribution is -0.634. The minimum absolute atomic E-state index is 0.111. The molecule has 0 radical (unpaired) electrons. The Morgan fingerprint density at radius 1 is 1.50 bits per heavy atom. The molecule has 0 saturated carbocycles. The maximum atomic E-state index is 9.77. The molecule has 0 fully saturated rings. The molecular weight excluding hydrogens is 142 g/mol. The molecule has 0 spiro atoms. The Balaban J connectivity index is 4.08. The van der Waals surface area contributed by atoms with Crippen molar-refractivity contribution in [1.82, 2.24) is 10.2 Å². The van der Waals surface area contributed by atoms with E-state index in [1.165, 1.54) is 0 Å². The maximum Gasteiger partial charge on any atom is 0.306 e. The molecule has 0 atom stereocenters. The molecule has 0 aliphatic carbocycles. The van der Waals surface area contributed by atoms with Gasteiger partial charge in [-0.15, -0.1) is 0 Å². The number of rotatable bonds is 1. The minimum atomic E-state index is -1.03. The van der Waals surface area contributed by atoms with Gasteiger partial charge in [0.1, 0.15) is 0 Å². The first-order valence-electron chi connectivity index (χ1n) is 2.04. The van der Waals surface area contributed by atoms with Gasteiger partial charge in [0.2, 0.25) is 0 Å². The Bertz CT molecular complexity index is 152. The normalized spacial score (nSPS) is 8.70. The summed E-state index contributed by atoms with van der Waals surface area (Å²) in [7, 11) is 0. The van der Waals surface area contributed by atoms with E-state index >= 15 is 0 Å². The topological polar surface area (TPSA) is 152 Å². The van der Waals surface area contributed by atoms with Crippen molar-refractivity contribution < 1.29 is 5.03 Å². The third-order valence-corrected chi connectivity index (χ3v) is 0.638. The molecule has 0 aromatic rings. The Labute approximate surface area is 55.5 Å². The van der Waals surface area contributed by atoms with E-state index in [2.05, 4.69) is 5.84 Å². The SMILES string of the molecule is N=C(N(N)N)N(N)[N+](=O)[O-]. The third-order valence-electron chi connectivity index (χ3n) is 0.638. The van der Waals surface area contributed by atoms with Crippen LogP contribution in [0.5, 0.6) is 0 Å². The Morgan fingerprint density at radius 2 is 1.90 bits per heavy atom. The fourth-order valence-corrected chi connectivity index (χ4v) is 0.196. The Hall–Kier alpha value is -1.45. The quantitative estimate of drug-likeness (QED) is 0.104. The zero-order valence-electron chi connectivity index (χ0n) is 4.89. The first-order valence-corrected chi connectivity index (χ1v) is 2.04. The summed E-state index contributed by atoms with van der Waals surface area (Å²) in [5, 5.41) is 15.6. The number of hydrazine groups is 4. The molecule has 0 unspecified atom stereocenters. The number of hydrogen-bond donors (Lipinski definition) is 4. The molecule has 0 heterocycles. The molecule has 0 aromatic heterocycles. The molecule has 0 bridgehead atoms. The summed E-state index contributed by atoms with van der Waals surface area (Å²) in [6.45, 7) is 0. The van der Waals surface area contributed by atoms with E-state index in [-0.39, 0.29) is 10.2 Å². The van der Waals surface area contributed by atoms with Crippen LogP contribution in [0.4, 0.5) is 0 Å². The van der Waals surface area contributed by atoms with Crippen molar-refractivity contribution in [3.63, 3.8) is 0 Å². The average Bonchev–Trinajstić information content (AvgIpc) is 1.84. The number of nitrogens with zero attached hydrogens (tertiary/aromatic N) is 3. The summed E-state index contributed by atoms with van der Waals surface area (Å²) in [4.78, 5) is 9.77. The van der Waals surface area contributed by atoms with Crippen LogP contribution in [0.15, 0.2) is 0 Å². The van der Waals surface area contributed by atoms with Crippen LogP contribution in [-0.2, 0) is 0 Å². The van der Waals surface area contributed by atoms with E-state index in [0.29, 0.717) is 0 Å². The van der Waals surface area contributed by atoms with Gasteiger partial charge in [0.15, 0.2) is 5.03 Å². The van der Waals surface area contributed by atoms with Crippen molar-refractivity contribution in [2.75, 3.05) is 0 Å². The van der Waals surface area contributed by atoms with Crippen LogP contribution in [0.3, 0.4) is 0 Å². The van der Waals surface area contributed by atoms with Crippen molar-refractivity contribution in [1.29, 1.82) is 5.41 Å². The molecule has 58 valence electrons. The number of nitrogens with two attached hydrogens (primary N) is 3. The van der Waals surface area contributed by atoms with Gasteiger partial charge < -0.3 is 0 Å². The van der Waals surface area contributed by atoms with Crippen LogP contribution in [0.25, 0.3) is 0 Å². The Kier molecular flexibility index (Phi) is 2.49. The van der Waals surface area contributed by atoms with Gasteiger partial charge in [-0.05, 0) is 0 Å². The average molecular weight is 149 g/mol. The zero-order valence-corrected chi connectivity index (χ0v) is 4.89. The predicted octanol–water partition coefficient (Wildman–Crippen LogP) is -2.66. The van der Waals surface area contributed by atoms with Crippen molar-refractivity contribution in [3.05, 3.63) is 10.1 Å². The first kappa shape index (κ1) is 8.55. The number of nitro groups is 1. The predicted molar refractivity (Wildman–Crippen MR) is 31.0 cm³/mol. The molecule has 0 amide bonds. The highest BCUT2D eigenvalue weighted by atomic mass is 16.7. The highest BCUT2D eigenvalue weighted by Crippen LogP contribution is 1.79. The smallest absolute Gasteiger partial charge is 0.260 e. The van der Waals surface area contributed by atoms with E-state index in [9.17, 15) is 10.1 Å². The van der Waals surface area contributed by atoms with Crippen LogP contribution in [-0.4, -0.2) is 21.2 Å². The number of nitrogens with one attached hydrogen (secondary N) is 1. The molecule has 9 nitrogen and oxygen atoms in total. The summed E-state index contributed by atoms with van der Waals surface area (Å²) in [6, 6.07) is 0. The molecule has 0 rings (SSSR count). The fourth-order valence-electron chi connectivity index (χ4n) is 0.196. The van der Waals surface area contributed by atoms with Gasteiger partial charge in [0.05, 0.1) is 0 Å². The second-order valence-corrected chi connectivity index (χ2v) is 1.31. The van der Waals surface area contributed by atoms with Crippen molar-refractivity contribution >= 4 is 5.96 Å². The molecule has 10 heavy (non-hydrogen) atoms. The highest BCUT2D eigenvalue weighted by molar-refractivity contribution is 5.73. The minimum Gasteiger partial charge on any atom is -0.260 e. The number of guanidine groups is 1. The highest BCUT2D eigenvalue weighted by Gasteiger charge is 2.17. The van der Waals surface area contributed by atoms with Crippen molar-refractivity contribution in [2.24, 2.45) is 17.5 Å². The van der Waals surface area contributed by atoms with Crippen LogP contribution in [0.2, 0.25) is 0 Å². The van der Waals surface area contributed by atoms with Gasteiger partial charge in [-0.1, -0.05) is 0 Å². The van der Waals surface area contributed by atoms with Gasteiger partial charge in [0.25, 0.3) is 0 Å². The van der Waals surface area contributed by atoms with Crippen molar-refractivity contribution in [2.45, 2.75) is 0 Å². The van der Waals surface area contributed by atoms with Crippen LogP contribution < -0.4 is 17.5 Å². The monoisotopic (exact) mass is 149 g/mol. The lowest BCUT2D eigenvalue weighted by Gasteiger charge is -2.13. The van der Waals surface area contributed by atoms with Crippen LogP contribution in [0.1, 0.15) is 0 Å². The lowest BCUT2D eigenvalue weighted by atomic mass is 11.0. The summed E-state index contributed by atoms with van der Waals surface area (Å²) in [5.74, 6) is 13.3. The summed E-state index contributed by atoms with van der Waals surface area (Å²) < 4.78 is 0. The molecule has 0 saturated heterocycles. The summed E-state index contributed by atoms with van der Waals surface area (Å²) >= 11 is 0. The van der Waals surface area contributed by atoms with E-state index in [0.717, 1.165) is 0 Å². The van der Waals surface area contributed by atoms with Gasteiger partial charge in [-0.2, -0.15) is 5.84 Å². The summed E-state index contributed by atoms with van der Waals surface area (Å²) in [5.41, 5.74) is 0. The van der Waals surface area contributed by atoms with Crippen LogP contribution >= 0.6 is 0 Å². The second-order valence-electron chi connectivity index (χ2n) is 1.31. The third kappa shape index (κ3) is 1.81. The maximum absolute atomic E-state index is 9.77. The molecule has 0 aromatic carbocycles. The van der Waals surface area contributed by atoms with Gasteiger partial charge in [0, 0.05) is 5.12 Å². The van der Waals surface area contributed by atoms with E-state index in [1.54, 1.807) is 0 Å². The molecule has 9 heteroatoms. The van der Waals surface area contributed by atoms with Gasteiger partial charge in [-0.25, -0.2) is 26.9 Å². The van der Waals surface area contributed by atoms with Crippen molar-refractivity contribution in [3.8, 4) is 0 Å². The fraction of sp³-hybridized carbons (Fsp3) is 0. The summed E-state index contributed by atoms with van der Waals surface area (Å²) in [6.07, 6.45) is 0. The zero-order chi connectivity index (χ0) is 8.31. The van der Waals surface area contributed by atoms with Gasteiger partial charge in [-0.3, -0.25) is 5.41 Å². The largest absolute Gasteiger partial charge is 0.306 e. The van der Waals surface area contributed by atoms with E-state index < -0.39 is 11.0 Å². The molecule has 0 aliphatic heterocycles. The van der Waals surface area contributed by atoms with Gasteiger partial charge >= 0.3 is 5.96 Å². The first-order chi connectivity index (χ1) is 4.46. The standard InChI is InChI=1S/CH7N7O2/c2-1(6(3)4)7(5)8(9)10/h2H,3-5H2. The Morgan fingerprint density at radius 3 is 2.00 bits per heavy atom. The lowest BCUT2D eigenvalue weighted by Crippen LogP contribution is -2.56. The second kappa shape index (κ2) is 2.91. The molecular formula is CH7N7O2. The van der Waals surface area contributed by atoms with E-state index in [1.807, 2.05) is 0 Å². The number of hydrogen-bond acceptors (Lipinski definition) is 6.